The normalized spacial score (nSPS) is 11.4. The summed E-state index contributed by atoms with van der Waals surface area (Å²) in [4.78, 5) is 24.7. The van der Waals surface area contributed by atoms with Gasteiger partial charge in [-0.3, -0.25) is 10.5 Å². The number of hydrogen-bond donors (Lipinski definition) is 3. The van der Waals surface area contributed by atoms with Gasteiger partial charge in [0.1, 0.15) is 0 Å². The molecule has 0 bridgehead atoms. The number of carbonyl (C=O) groups is 2. The molecular weight excluding hydrogens is 609 g/mol. The number of rotatable bonds is 13. The fourth-order valence-electron chi connectivity index (χ4n) is 4.86. The van der Waals surface area contributed by atoms with Gasteiger partial charge >= 0.3 is 18.3 Å². The lowest BCUT2D eigenvalue weighted by Gasteiger charge is -2.18. The quantitative estimate of drug-likeness (QED) is 0.0766. The lowest BCUT2D eigenvalue weighted by Crippen LogP contribution is -2.32. The van der Waals surface area contributed by atoms with Crippen molar-refractivity contribution < 1.29 is 32.7 Å². The Hall–Kier alpha value is -4.22. The Morgan fingerprint density at radius 2 is 1.53 bits per heavy atom. The minimum atomic E-state index is -4.75. The first kappa shape index (κ1) is 33.7. The molecule has 4 rings (SSSR count). The highest BCUT2D eigenvalue weighted by Crippen LogP contribution is 2.37. The first-order valence-corrected chi connectivity index (χ1v) is 15.3. The van der Waals surface area contributed by atoms with Gasteiger partial charge in [0, 0.05) is 28.6 Å². The van der Waals surface area contributed by atoms with Crippen LogP contribution in [0.5, 0.6) is 0 Å². The Balaban J connectivity index is 1.29. The lowest BCUT2D eigenvalue weighted by atomic mass is 10.1. The molecule has 240 valence electrons. The van der Waals surface area contributed by atoms with Crippen molar-refractivity contribution in [1.29, 1.82) is 0 Å². The second-order valence-electron chi connectivity index (χ2n) is 10.6. The number of carbonyl (C=O) groups excluding carboxylic acids is 2. The van der Waals surface area contributed by atoms with Crippen LogP contribution in [0.2, 0.25) is 5.02 Å². The number of urea groups is 1. The molecule has 0 saturated carbocycles. The van der Waals surface area contributed by atoms with E-state index in [4.69, 9.17) is 16.3 Å². The van der Waals surface area contributed by atoms with E-state index in [-0.39, 0.29) is 5.06 Å². The summed E-state index contributed by atoms with van der Waals surface area (Å²) >= 11 is 5.61. The zero-order valence-electron chi connectivity index (χ0n) is 24.9. The maximum absolute atomic E-state index is 13.2. The molecule has 3 N–H and O–H groups in total. The van der Waals surface area contributed by atoms with Gasteiger partial charge in [-0.1, -0.05) is 63.5 Å². The second-order valence-corrected chi connectivity index (χ2v) is 11.1. The van der Waals surface area contributed by atoms with E-state index in [0.29, 0.717) is 24.0 Å². The first-order chi connectivity index (χ1) is 21.6. The topological polar surface area (TPSA) is 95.8 Å². The Labute approximate surface area is 264 Å². The summed E-state index contributed by atoms with van der Waals surface area (Å²) in [6.07, 6.45) is 5.95. The SMILES string of the molecule is CCCCCCCCCCOC(=O)Nc1ccc2c(ccn2-c2ccc(NC(=O)N(O)c3ccc(Cl)c(C(F)(F)F)c3)cc2)c1. The zero-order chi connectivity index (χ0) is 32.4. The highest BCUT2D eigenvalue weighted by molar-refractivity contribution is 6.31. The molecule has 1 aromatic heterocycles. The number of aromatic nitrogens is 1. The van der Waals surface area contributed by atoms with Crippen LogP contribution in [0.15, 0.2) is 72.9 Å². The molecule has 8 nitrogen and oxygen atoms in total. The van der Waals surface area contributed by atoms with E-state index >= 15 is 0 Å². The lowest BCUT2D eigenvalue weighted by molar-refractivity contribution is -0.137. The van der Waals surface area contributed by atoms with Gasteiger partial charge in [0.05, 0.1) is 28.4 Å². The average molecular weight is 645 g/mol. The number of hydroxylamine groups is 1. The number of alkyl halides is 3. The van der Waals surface area contributed by atoms with Gasteiger partial charge in [0.25, 0.3) is 0 Å². The van der Waals surface area contributed by atoms with Crippen molar-refractivity contribution in [2.75, 3.05) is 22.3 Å². The Bertz CT molecular complexity index is 1590. The summed E-state index contributed by atoms with van der Waals surface area (Å²) in [5, 5.41) is 15.8. The number of amides is 3. The molecule has 45 heavy (non-hydrogen) atoms. The van der Waals surface area contributed by atoms with Crippen molar-refractivity contribution >= 4 is 51.7 Å². The third kappa shape index (κ3) is 9.39. The molecule has 0 radical (unpaired) electrons. The van der Waals surface area contributed by atoms with Crippen LogP contribution in [0.4, 0.5) is 39.8 Å². The third-order valence-electron chi connectivity index (χ3n) is 7.26. The summed E-state index contributed by atoms with van der Waals surface area (Å²) in [5.41, 5.74) is 0.979. The zero-order valence-corrected chi connectivity index (χ0v) is 25.6. The number of fused-ring (bicyclic) bond motifs is 1. The first-order valence-electron chi connectivity index (χ1n) is 14.9. The number of anilines is 3. The molecule has 3 aromatic carbocycles. The minimum Gasteiger partial charge on any atom is -0.449 e. The van der Waals surface area contributed by atoms with Crippen LogP contribution in [0.3, 0.4) is 0 Å². The van der Waals surface area contributed by atoms with Crippen molar-refractivity contribution in [3.8, 4) is 5.69 Å². The smallest absolute Gasteiger partial charge is 0.417 e. The second kappa shape index (κ2) is 15.7. The number of unbranched alkanes of at least 4 members (excludes halogenated alkanes) is 7. The molecule has 0 fully saturated rings. The van der Waals surface area contributed by atoms with Crippen LogP contribution in [0, 0.1) is 0 Å². The van der Waals surface area contributed by atoms with Gasteiger partial charge in [0.15, 0.2) is 0 Å². The summed E-state index contributed by atoms with van der Waals surface area (Å²) in [5.74, 6) is 0. The number of hydrogen-bond acceptors (Lipinski definition) is 4. The van der Waals surface area contributed by atoms with Crippen LogP contribution in [0.1, 0.15) is 63.9 Å². The highest BCUT2D eigenvalue weighted by Gasteiger charge is 2.34. The van der Waals surface area contributed by atoms with Gasteiger partial charge in [-0.05, 0) is 73.2 Å². The summed E-state index contributed by atoms with van der Waals surface area (Å²) < 4.78 is 46.7. The number of benzene rings is 3. The summed E-state index contributed by atoms with van der Waals surface area (Å²) in [7, 11) is 0. The van der Waals surface area contributed by atoms with Crippen LogP contribution in [0.25, 0.3) is 16.6 Å². The monoisotopic (exact) mass is 644 g/mol. The molecule has 0 unspecified atom stereocenters. The van der Waals surface area contributed by atoms with Crippen LogP contribution in [-0.4, -0.2) is 28.5 Å². The molecule has 12 heteroatoms. The van der Waals surface area contributed by atoms with Gasteiger partial charge < -0.3 is 14.6 Å². The molecule has 0 aliphatic heterocycles. The predicted molar refractivity (Wildman–Crippen MR) is 171 cm³/mol. The average Bonchev–Trinajstić information content (AvgIpc) is 3.43. The van der Waals surface area contributed by atoms with E-state index in [9.17, 15) is 28.0 Å². The highest BCUT2D eigenvalue weighted by atomic mass is 35.5. The number of nitrogens with one attached hydrogen (secondary N) is 2. The van der Waals surface area contributed by atoms with Crippen molar-refractivity contribution in [3.05, 3.63) is 83.5 Å². The molecule has 0 atom stereocenters. The fourth-order valence-corrected chi connectivity index (χ4v) is 5.09. The van der Waals surface area contributed by atoms with Gasteiger partial charge in [0.2, 0.25) is 0 Å². The number of ether oxygens (including phenoxy) is 1. The van der Waals surface area contributed by atoms with Crippen LogP contribution >= 0.6 is 11.6 Å². The Kier molecular flexibility index (Phi) is 11.7. The molecule has 0 aliphatic carbocycles. The van der Waals surface area contributed by atoms with Crippen molar-refractivity contribution in [2.24, 2.45) is 0 Å². The number of nitrogens with zero attached hydrogens (tertiary/aromatic N) is 2. The van der Waals surface area contributed by atoms with E-state index in [2.05, 4.69) is 17.6 Å². The van der Waals surface area contributed by atoms with Crippen molar-refractivity contribution in [1.82, 2.24) is 4.57 Å². The standard InChI is InChI=1S/C33H36ClF3N4O4/c1-2-3-4-5-6-7-8-9-20-45-32(43)39-25-12-17-30-23(21-25)18-19-40(30)26-13-10-24(11-14-26)38-31(42)41(44)27-15-16-29(34)28(22-27)33(35,36)37/h10-19,21-22,44H,2-9,20H2,1H3,(H,38,42)(H,39,43). The van der Waals surface area contributed by atoms with Gasteiger partial charge in [-0.15, -0.1) is 0 Å². The van der Waals surface area contributed by atoms with Gasteiger partial charge in [-0.2, -0.15) is 18.2 Å². The van der Waals surface area contributed by atoms with E-state index in [1.54, 1.807) is 30.3 Å². The van der Waals surface area contributed by atoms with E-state index in [1.807, 2.05) is 29.0 Å². The molecule has 0 saturated heterocycles. The molecule has 0 aliphatic rings. The van der Waals surface area contributed by atoms with Crippen LogP contribution < -0.4 is 15.7 Å². The molecular formula is C33H36ClF3N4O4. The Morgan fingerprint density at radius 3 is 2.22 bits per heavy atom. The third-order valence-corrected chi connectivity index (χ3v) is 7.59. The molecule has 4 aromatic rings. The van der Waals surface area contributed by atoms with E-state index < -0.39 is 34.6 Å². The molecule has 3 amide bonds. The largest absolute Gasteiger partial charge is 0.449 e. The number of halogens is 4. The molecule has 1 heterocycles. The van der Waals surface area contributed by atoms with Crippen molar-refractivity contribution in [3.63, 3.8) is 0 Å². The summed E-state index contributed by atoms with van der Waals surface area (Å²) in [6, 6.07) is 15.6. The maximum atomic E-state index is 13.2. The minimum absolute atomic E-state index is 0.0802. The van der Waals surface area contributed by atoms with E-state index in [0.717, 1.165) is 48.0 Å². The van der Waals surface area contributed by atoms with Crippen molar-refractivity contribution in [2.45, 2.75) is 64.5 Å². The van der Waals surface area contributed by atoms with E-state index in [1.165, 1.54) is 32.1 Å². The fraction of sp³-hybridized carbons (Fsp3) is 0.333. The maximum Gasteiger partial charge on any atom is 0.417 e. The Morgan fingerprint density at radius 1 is 0.867 bits per heavy atom. The summed E-state index contributed by atoms with van der Waals surface area (Å²) in [6.45, 7) is 2.58. The van der Waals surface area contributed by atoms with Gasteiger partial charge in [-0.25, -0.2) is 9.59 Å². The predicted octanol–water partition coefficient (Wildman–Crippen LogP) is 10.4. The van der Waals surface area contributed by atoms with Crippen LogP contribution in [-0.2, 0) is 10.9 Å². The molecule has 0 spiro atoms.